The van der Waals surface area contributed by atoms with Crippen LogP contribution in [0.1, 0.15) is 12.0 Å². The van der Waals surface area contributed by atoms with Crippen molar-refractivity contribution in [3.8, 4) is 0 Å². The number of carboxylic acid groups (broad SMARTS) is 1. The van der Waals surface area contributed by atoms with E-state index in [1.807, 2.05) is 5.32 Å². The number of carboxylic acids is 1. The van der Waals surface area contributed by atoms with Gasteiger partial charge in [-0.05, 0) is 30.6 Å². The van der Waals surface area contributed by atoms with Crippen molar-refractivity contribution in [2.24, 2.45) is 0 Å². The summed E-state index contributed by atoms with van der Waals surface area (Å²) in [6.45, 7) is 0. The number of alkyl halides is 3. The molecular weight excluding hydrogens is 321 g/mol. The van der Waals surface area contributed by atoms with Crippen molar-refractivity contribution in [2.75, 3.05) is 17.3 Å². The Balaban J connectivity index is 2.78. The normalized spacial score (nSPS) is 12.5. The minimum absolute atomic E-state index is 0.109. The summed E-state index contributed by atoms with van der Waals surface area (Å²) in [6, 6.07) is 2.11. The van der Waals surface area contributed by atoms with Crippen molar-refractivity contribution in [1.29, 1.82) is 0 Å². The number of hydrogen-bond donors (Lipinski definition) is 2. The molecule has 0 saturated heterocycles. The van der Waals surface area contributed by atoms with Crippen LogP contribution >= 0.6 is 11.8 Å². The van der Waals surface area contributed by atoms with Gasteiger partial charge in [0.2, 0.25) is 0 Å². The number of carbonyl (C=O) groups is 2. The fourth-order valence-electron chi connectivity index (χ4n) is 1.64. The molecule has 1 atom stereocenters. The maximum atomic E-state index is 12.8. The van der Waals surface area contributed by atoms with E-state index >= 15 is 0 Å². The molecule has 122 valence electrons. The highest BCUT2D eigenvalue weighted by atomic mass is 32.2. The molecule has 5 nitrogen and oxygen atoms in total. The number of aliphatic carboxylic acids is 1. The van der Waals surface area contributed by atoms with Crippen LogP contribution in [0.5, 0.6) is 0 Å². The summed E-state index contributed by atoms with van der Waals surface area (Å²) in [5.41, 5.74) is -1.46. The van der Waals surface area contributed by atoms with Crippen LogP contribution in [-0.2, 0) is 11.0 Å². The fraction of sp³-hybridized carbons (Fsp3) is 0.385. The molecule has 9 heteroatoms. The van der Waals surface area contributed by atoms with Gasteiger partial charge >= 0.3 is 12.2 Å². The molecule has 0 aliphatic carbocycles. The lowest BCUT2D eigenvalue weighted by molar-refractivity contribution is -0.308. The van der Waals surface area contributed by atoms with Crippen molar-refractivity contribution in [1.82, 2.24) is 5.32 Å². The third kappa shape index (κ3) is 5.47. The predicted octanol–water partition coefficient (Wildman–Crippen LogP) is 1.70. The molecule has 0 radical (unpaired) electrons. The minimum Gasteiger partial charge on any atom is -0.548 e. The monoisotopic (exact) mass is 335 g/mol. The molecule has 0 aromatic heterocycles. The van der Waals surface area contributed by atoms with Crippen molar-refractivity contribution in [2.45, 2.75) is 18.6 Å². The lowest BCUT2D eigenvalue weighted by Crippen LogP contribution is -2.49. The quantitative estimate of drug-likeness (QED) is 0.829. The van der Waals surface area contributed by atoms with E-state index in [1.54, 1.807) is 6.26 Å². The van der Waals surface area contributed by atoms with E-state index in [9.17, 15) is 27.9 Å². The van der Waals surface area contributed by atoms with E-state index in [2.05, 4.69) is 5.32 Å². The van der Waals surface area contributed by atoms with E-state index in [0.717, 1.165) is 12.1 Å². The molecular formula is C13H14F3N2O3S-. The first kappa shape index (κ1) is 18.1. The zero-order chi connectivity index (χ0) is 16.8. The summed E-state index contributed by atoms with van der Waals surface area (Å²) in [5, 5.41) is 15.0. The number of amides is 2. The molecule has 0 aliphatic heterocycles. The van der Waals surface area contributed by atoms with Gasteiger partial charge in [-0.2, -0.15) is 24.9 Å². The molecule has 0 aliphatic rings. The van der Waals surface area contributed by atoms with Crippen molar-refractivity contribution < 1.29 is 27.9 Å². The summed E-state index contributed by atoms with van der Waals surface area (Å²) >= 11 is 1.37. The smallest absolute Gasteiger partial charge is 0.418 e. The minimum atomic E-state index is -4.63. The molecule has 2 N–H and O–H groups in total. The second-order valence-corrected chi connectivity index (χ2v) is 5.28. The van der Waals surface area contributed by atoms with Crippen LogP contribution in [0.3, 0.4) is 0 Å². The zero-order valence-corrected chi connectivity index (χ0v) is 12.4. The summed E-state index contributed by atoms with van der Waals surface area (Å²) in [5.74, 6) is -1.04. The summed E-state index contributed by atoms with van der Waals surface area (Å²) in [4.78, 5) is 22.6. The number of benzene rings is 1. The van der Waals surface area contributed by atoms with Crippen LogP contribution in [0.4, 0.5) is 23.7 Å². The zero-order valence-electron chi connectivity index (χ0n) is 11.6. The Morgan fingerprint density at radius 1 is 1.32 bits per heavy atom. The average Bonchev–Trinajstić information content (AvgIpc) is 2.42. The van der Waals surface area contributed by atoms with Gasteiger partial charge in [0.25, 0.3) is 0 Å². The Morgan fingerprint density at radius 3 is 2.50 bits per heavy atom. The summed E-state index contributed by atoms with van der Waals surface area (Å²) in [6.07, 6.45) is -2.76. The topological polar surface area (TPSA) is 81.3 Å². The second-order valence-electron chi connectivity index (χ2n) is 4.29. The summed E-state index contributed by atoms with van der Waals surface area (Å²) in [7, 11) is 0. The molecule has 2 amide bonds. The van der Waals surface area contributed by atoms with Crippen molar-refractivity contribution >= 4 is 29.4 Å². The SMILES string of the molecule is CSCC[C@H](NC(=O)Nc1ccccc1C(F)(F)F)C(=O)[O-]. The molecule has 1 rings (SSSR count). The number of carbonyl (C=O) groups excluding carboxylic acids is 2. The largest absolute Gasteiger partial charge is 0.548 e. The first-order valence-corrected chi connectivity index (χ1v) is 7.58. The van der Waals surface area contributed by atoms with Gasteiger partial charge in [0.15, 0.2) is 0 Å². The van der Waals surface area contributed by atoms with E-state index in [0.29, 0.717) is 5.75 Å². The van der Waals surface area contributed by atoms with E-state index in [-0.39, 0.29) is 6.42 Å². The number of para-hydroxylation sites is 1. The fourth-order valence-corrected chi connectivity index (χ4v) is 2.11. The number of urea groups is 1. The van der Waals surface area contributed by atoms with Crippen molar-refractivity contribution in [3.63, 3.8) is 0 Å². The average molecular weight is 335 g/mol. The lowest BCUT2D eigenvalue weighted by Gasteiger charge is -2.20. The molecule has 22 heavy (non-hydrogen) atoms. The highest BCUT2D eigenvalue weighted by Crippen LogP contribution is 2.34. The van der Waals surface area contributed by atoms with Gasteiger partial charge in [0, 0.05) is 0 Å². The van der Waals surface area contributed by atoms with Gasteiger partial charge in [-0.3, -0.25) is 0 Å². The molecule has 0 bridgehead atoms. The molecule has 0 unspecified atom stereocenters. The number of thioether (sulfide) groups is 1. The van der Waals surface area contributed by atoms with Gasteiger partial charge in [0.1, 0.15) is 0 Å². The Hall–Kier alpha value is -1.90. The first-order chi connectivity index (χ1) is 10.3. The van der Waals surface area contributed by atoms with Gasteiger partial charge < -0.3 is 20.5 Å². The second kappa shape index (κ2) is 7.92. The van der Waals surface area contributed by atoms with Crippen LogP contribution < -0.4 is 15.7 Å². The third-order valence-corrected chi connectivity index (χ3v) is 3.33. The maximum absolute atomic E-state index is 12.8. The van der Waals surface area contributed by atoms with E-state index in [4.69, 9.17) is 0 Å². The van der Waals surface area contributed by atoms with Gasteiger partial charge in [0.05, 0.1) is 23.3 Å². The Morgan fingerprint density at radius 2 is 1.95 bits per heavy atom. The van der Waals surface area contributed by atoms with E-state index < -0.39 is 35.5 Å². The number of rotatable bonds is 6. The molecule has 0 fully saturated rings. The number of hydrogen-bond acceptors (Lipinski definition) is 4. The van der Waals surface area contributed by atoms with Crippen LogP contribution in [-0.4, -0.2) is 30.1 Å². The Kier molecular flexibility index (Phi) is 6.54. The van der Waals surface area contributed by atoms with Crippen LogP contribution in [0, 0.1) is 0 Å². The summed E-state index contributed by atoms with van der Waals surface area (Å²) < 4.78 is 38.3. The number of nitrogens with one attached hydrogen (secondary N) is 2. The number of anilines is 1. The molecule has 0 spiro atoms. The van der Waals surface area contributed by atoms with Gasteiger partial charge in [-0.1, -0.05) is 12.1 Å². The maximum Gasteiger partial charge on any atom is 0.418 e. The first-order valence-electron chi connectivity index (χ1n) is 6.19. The Labute approximate surface area is 129 Å². The van der Waals surface area contributed by atoms with Gasteiger partial charge in [-0.15, -0.1) is 0 Å². The molecule has 0 saturated carbocycles. The van der Waals surface area contributed by atoms with E-state index in [1.165, 1.54) is 23.9 Å². The van der Waals surface area contributed by atoms with Crippen molar-refractivity contribution in [3.05, 3.63) is 29.8 Å². The van der Waals surface area contributed by atoms with Gasteiger partial charge in [-0.25, -0.2) is 4.79 Å². The molecule has 1 aromatic rings. The van der Waals surface area contributed by atoms with Crippen LogP contribution in [0.2, 0.25) is 0 Å². The molecule has 0 heterocycles. The third-order valence-electron chi connectivity index (χ3n) is 2.68. The standard InChI is InChI=1S/C13H15F3N2O3S/c1-22-7-6-10(11(19)20)18-12(21)17-9-5-3-2-4-8(9)13(14,15)16/h2-5,10H,6-7H2,1H3,(H,19,20)(H2,17,18,21)/p-1/t10-/m0/s1. The number of halogens is 3. The van der Waals surface area contributed by atoms with Crippen LogP contribution in [0.25, 0.3) is 0 Å². The predicted molar refractivity (Wildman–Crippen MR) is 75.4 cm³/mol. The van der Waals surface area contributed by atoms with Crippen LogP contribution in [0.15, 0.2) is 24.3 Å². The highest BCUT2D eigenvalue weighted by Gasteiger charge is 2.33. The Bertz CT molecular complexity index is 538. The molecule has 1 aromatic carbocycles. The highest BCUT2D eigenvalue weighted by molar-refractivity contribution is 7.98. The lowest BCUT2D eigenvalue weighted by atomic mass is 10.1.